The molecule has 9 heteroatoms. The Kier molecular flexibility index (Phi) is 8.75. The van der Waals surface area contributed by atoms with Crippen LogP contribution >= 0.6 is 0 Å². The second kappa shape index (κ2) is 11.3. The number of carboxylic acid groups (broad SMARTS) is 2. The van der Waals surface area contributed by atoms with Gasteiger partial charge in [0.25, 0.3) is 0 Å². The molecule has 8 nitrogen and oxygen atoms in total. The van der Waals surface area contributed by atoms with Crippen molar-refractivity contribution in [2.75, 3.05) is 13.2 Å². The lowest BCUT2D eigenvalue weighted by molar-refractivity contribution is -0.580. The zero-order valence-corrected chi connectivity index (χ0v) is 15.9. The normalized spacial score (nSPS) is 16.5. The Morgan fingerprint density at radius 1 is 1.21 bits per heavy atom. The number of hydrogen-bond donors (Lipinski definition) is 3. The van der Waals surface area contributed by atoms with Crippen molar-refractivity contribution in [1.82, 2.24) is 0 Å². The van der Waals surface area contributed by atoms with E-state index in [2.05, 4.69) is 5.16 Å². The molecule has 1 aromatic rings. The first kappa shape index (κ1) is 22.5. The maximum atomic E-state index is 12.8. The van der Waals surface area contributed by atoms with Crippen LogP contribution in [0.5, 0.6) is 0 Å². The van der Waals surface area contributed by atoms with Gasteiger partial charge in [0.05, 0.1) is 11.7 Å². The standard InChI is InChI=1S/C16H21FN2O2.C4H4O4/c17-13-5-7-14(8-6-13)18-9-15(20)10-21-19-16(11-1-2-11)12-3-4-12;5-3(6)1-2-4(7)8/h5-8,11-12,15,18,20H,1-4,9-10H2;1-2H,(H,5,6)(H,7,8)/b;2-1-. The van der Waals surface area contributed by atoms with Crippen LogP contribution in [0.4, 0.5) is 10.1 Å². The van der Waals surface area contributed by atoms with Crippen LogP contribution in [0.2, 0.25) is 0 Å². The van der Waals surface area contributed by atoms with Crippen LogP contribution in [0.15, 0.2) is 41.6 Å². The van der Waals surface area contributed by atoms with Crippen molar-refractivity contribution in [1.29, 1.82) is 0 Å². The van der Waals surface area contributed by atoms with Gasteiger partial charge in [-0.1, -0.05) is 5.16 Å². The summed E-state index contributed by atoms with van der Waals surface area (Å²) in [5, 5.41) is 33.2. The van der Waals surface area contributed by atoms with E-state index in [1.807, 2.05) is 5.32 Å². The number of nitrogens with zero attached hydrogens (tertiary/aromatic N) is 1. The molecule has 0 aliphatic heterocycles. The van der Waals surface area contributed by atoms with E-state index in [1.54, 1.807) is 12.1 Å². The number of carboxylic acids is 2. The first-order valence-electron chi connectivity index (χ1n) is 9.43. The minimum Gasteiger partial charge on any atom is -0.545 e. The summed E-state index contributed by atoms with van der Waals surface area (Å²) in [6.45, 7) is 0.685. The Bertz CT molecular complexity index is 712. The highest BCUT2D eigenvalue weighted by Gasteiger charge is 2.38. The zero-order valence-electron chi connectivity index (χ0n) is 15.9. The van der Waals surface area contributed by atoms with Gasteiger partial charge in [0.15, 0.2) is 0 Å². The number of benzene rings is 1. The van der Waals surface area contributed by atoms with E-state index < -0.39 is 18.0 Å². The van der Waals surface area contributed by atoms with Crippen molar-refractivity contribution in [2.45, 2.75) is 31.8 Å². The minimum atomic E-state index is -1.51. The van der Waals surface area contributed by atoms with Crippen molar-refractivity contribution in [3.05, 3.63) is 42.2 Å². The lowest BCUT2D eigenvalue weighted by atomic mass is 10.2. The molecular weight excluding hydrogens is 383 g/mol. The molecule has 0 amide bonds. The molecule has 0 bridgehead atoms. The third-order valence-corrected chi connectivity index (χ3v) is 4.29. The van der Waals surface area contributed by atoms with Crippen LogP contribution in [0.3, 0.4) is 0 Å². The molecule has 2 aliphatic carbocycles. The van der Waals surface area contributed by atoms with Crippen molar-refractivity contribution < 1.29 is 39.5 Å². The second-order valence-corrected chi connectivity index (χ2v) is 7.00. The molecular formula is C20H25FN2O6. The van der Waals surface area contributed by atoms with Gasteiger partial charge in [0.1, 0.15) is 30.8 Å². The van der Waals surface area contributed by atoms with E-state index in [0.717, 1.165) is 5.69 Å². The largest absolute Gasteiger partial charge is 0.545 e. The number of rotatable bonds is 10. The topological polar surface area (TPSA) is 136 Å². The number of aliphatic hydroxyl groups is 1. The molecule has 158 valence electrons. The van der Waals surface area contributed by atoms with Gasteiger partial charge in [-0.25, -0.2) is 9.18 Å². The molecule has 0 radical (unpaired) electrons. The van der Waals surface area contributed by atoms with Gasteiger partial charge >= 0.3 is 5.97 Å². The highest BCUT2D eigenvalue weighted by atomic mass is 19.1. The molecule has 0 aromatic heterocycles. The van der Waals surface area contributed by atoms with Gasteiger partial charge in [-0.2, -0.15) is 0 Å². The number of quaternary nitrogens is 1. The summed E-state index contributed by atoms with van der Waals surface area (Å²) in [6, 6.07) is 6.21. The Balaban J connectivity index is 0.000000321. The monoisotopic (exact) mass is 408 g/mol. The zero-order chi connectivity index (χ0) is 21.2. The van der Waals surface area contributed by atoms with Crippen LogP contribution in [-0.2, 0) is 14.4 Å². The minimum absolute atomic E-state index is 0.209. The average molecular weight is 408 g/mol. The van der Waals surface area contributed by atoms with Gasteiger partial charge in [0, 0.05) is 30.0 Å². The molecule has 2 saturated carbocycles. The molecule has 0 saturated heterocycles. The van der Waals surface area contributed by atoms with Crippen molar-refractivity contribution in [2.24, 2.45) is 17.0 Å². The first-order valence-corrected chi connectivity index (χ1v) is 9.43. The summed E-state index contributed by atoms with van der Waals surface area (Å²) in [4.78, 5) is 24.3. The Hall–Kier alpha value is -2.78. The number of oxime groups is 1. The van der Waals surface area contributed by atoms with Gasteiger partial charge in [0.2, 0.25) is 0 Å². The van der Waals surface area contributed by atoms with E-state index in [9.17, 15) is 24.2 Å². The van der Waals surface area contributed by atoms with E-state index in [4.69, 9.17) is 9.94 Å². The fraction of sp³-hybridized carbons (Fsp3) is 0.450. The fourth-order valence-electron chi connectivity index (χ4n) is 2.52. The molecule has 29 heavy (non-hydrogen) atoms. The quantitative estimate of drug-likeness (QED) is 0.215. The SMILES string of the molecule is O=C([O-])/C=C\C(=O)O.OC(C[NH2+]c1ccc(F)cc1)CON=C(C1CC1)C1CC1. The van der Waals surface area contributed by atoms with Crippen LogP contribution in [0.25, 0.3) is 0 Å². The van der Waals surface area contributed by atoms with Crippen molar-refractivity contribution >= 4 is 23.3 Å². The number of carbonyl (C=O) groups is 2. The van der Waals surface area contributed by atoms with Crippen molar-refractivity contribution in [3.8, 4) is 0 Å². The van der Waals surface area contributed by atoms with Crippen LogP contribution < -0.4 is 10.4 Å². The first-order chi connectivity index (χ1) is 13.8. The molecule has 0 heterocycles. The van der Waals surface area contributed by atoms with E-state index in [0.29, 0.717) is 30.5 Å². The number of aliphatic hydroxyl groups excluding tert-OH is 1. The lowest BCUT2D eigenvalue weighted by Crippen LogP contribution is -2.80. The fourth-order valence-corrected chi connectivity index (χ4v) is 2.52. The number of nitrogens with two attached hydrogens (primary N) is 1. The summed E-state index contributed by atoms with van der Waals surface area (Å²) >= 11 is 0. The predicted molar refractivity (Wildman–Crippen MR) is 99.5 cm³/mol. The lowest BCUT2D eigenvalue weighted by Gasteiger charge is -2.09. The molecule has 1 unspecified atom stereocenters. The molecule has 4 N–H and O–H groups in total. The average Bonchev–Trinajstić information content (AvgIpc) is 3.57. The number of hydrogen-bond acceptors (Lipinski definition) is 6. The maximum absolute atomic E-state index is 12.8. The summed E-state index contributed by atoms with van der Waals surface area (Å²) < 4.78 is 12.8. The smallest absolute Gasteiger partial charge is 0.328 e. The van der Waals surface area contributed by atoms with Crippen LogP contribution in [-0.4, -0.2) is 47.1 Å². The molecule has 1 atom stereocenters. The highest BCUT2D eigenvalue weighted by molar-refractivity contribution is 5.92. The maximum Gasteiger partial charge on any atom is 0.328 e. The predicted octanol–water partition coefficient (Wildman–Crippen LogP) is -0.0488. The molecule has 3 rings (SSSR count). The molecule has 2 aliphatic rings. The van der Waals surface area contributed by atoms with Gasteiger partial charge in [-0.3, -0.25) is 0 Å². The van der Waals surface area contributed by atoms with Gasteiger partial charge in [-0.15, -0.1) is 0 Å². The number of halogens is 1. The van der Waals surface area contributed by atoms with E-state index in [1.165, 1.54) is 43.5 Å². The third kappa shape index (κ3) is 9.82. The second-order valence-electron chi connectivity index (χ2n) is 7.00. The van der Waals surface area contributed by atoms with Gasteiger partial charge < -0.3 is 30.3 Å². The Morgan fingerprint density at radius 2 is 1.79 bits per heavy atom. The molecule has 2 fully saturated rings. The van der Waals surface area contributed by atoms with Gasteiger partial charge in [-0.05, 0) is 43.9 Å². The number of carbonyl (C=O) groups excluding carboxylic acids is 1. The van der Waals surface area contributed by atoms with E-state index in [-0.39, 0.29) is 12.4 Å². The van der Waals surface area contributed by atoms with Crippen LogP contribution in [0, 0.1) is 17.7 Å². The molecule has 0 spiro atoms. The summed E-state index contributed by atoms with van der Waals surface area (Å²) in [5.74, 6) is -1.78. The summed E-state index contributed by atoms with van der Waals surface area (Å²) in [6.07, 6.45) is 5.30. The highest BCUT2D eigenvalue weighted by Crippen LogP contribution is 2.42. The summed E-state index contributed by atoms with van der Waals surface area (Å²) in [5.41, 5.74) is 2.11. The Labute approximate surface area is 167 Å². The van der Waals surface area contributed by atoms with Crippen LogP contribution in [0.1, 0.15) is 25.7 Å². The van der Waals surface area contributed by atoms with E-state index >= 15 is 0 Å². The third-order valence-electron chi connectivity index (χ3n) is 4.29. The van der Waals surface area contributed by atoms with Crippen molar-refractivity contribution in [3.63, 3.8) is 0 Å². The number of aliphatic carboxylic acids is 2. The molecule has 1 aromatic carbocycles. The Morgan fingerprint density at radius 3 is 2.24 bits per heavy atom. The summed E-state index contributed by atoms with van der Waals surface area (Å²) in [7, 11) is 0.